The highest BCUT2D eigenvalue weighted by Gasteiger charge is 2.12. The zero-order chi connectivity index (χ0) is 15.0. The summed E-state index contributed by atoms with van der Waals surface area (Å²) in [5, 5.41) is 6.37. The zero-order valence-corrected chi connectivity index (χ0v) is 15.9. The van der Waals surface area contributed by atoms with Crippen LogP contribution in [0.4, 0.5) is 0 Å². The minimum atomic E-state index is -0.242. The number of rotatable bonds is 5. The van der Waals surface area contributed by atoms with Crippen LogP contribution in [0, 0.1) is 0 Å². The number of nitrogens with one attached hydrogen (secondary N) is 2. The van der Waals surface area contributed by atoms with Gasteiger partial charge in [-0.3, -0.25) is 0 Å². The summed E-state index contributed by atoms with van der Waals surface area (Å²) in [5.41, 5.74) is 0.646. The molecule has 0 radical (unpaired) electrons. The van der Waals surface area contributed by atoms with Crippen molar-refractivity contribution in [2.75, 3.05) is 13.1 Å². The van der Waals surface area contributed by atoms with E-state index < -0.39 is 0 Å². The van der Waals surface area contributed by atoms with Crippen molar-refractivity contribution in [1.82, 2.24) is 15.6 Å². The van der Waals surface area contributed by atoms with Gasteiger partial charge in [0.2, 0.25) is 5.88 Å². The predicted octanol–water partition coefficient (Wildman–Crippen LogP) is 2.95. The van der Waals surface area contributed by atoms with Crippen LogP contribution in [0.3, 0.4) is 0 Å². The number of ether oxygens (including phenoxy) is 1. The van der Waals surface area contributed by atoms with Crippen molar-refractivity contribution in [3.8, 4) is 5.88 Å². The van der Waals surface area contributed by atoms with Gasteiger partial charge < -0.3 is 15.4 Å². The van der Waals surface area contributed by atoms with Gasteiger partial charge in [0.1, 0.15) is 5.60 Å². The van der Waals surface area contributed by atoms with Gasteiger partial charge in [0.05, 0.1) is 12.2 Å². The number of hydrogen-bond donors (Lipinski definition) is 2. The van der Waals surface area contributed by atoms with Gasteiger partial charge >= 0.3 is 0 Å². The molecule has 0 unspecified atom stereocenters. The molecular weight excluding hydrogens is 379 g/mol. The molecule has 0 bridgehead atoms. The van der Waals surface area contributed by atoms with Crippen LogP contribution in [0.2, 0.25) is 0 Å². The van der Waals surface area contributed by atoms with E-state index in [0.29, 0.717) is 12.4 Å². The van der Waals surface area contributed by atoms with Crippen molar-refractivity contribution >= 4 is 29.9 Å². The Labute approximate surface area is 145 Å². The Kier molecular flexibility index (Phi) is 9.32. The van der Waals surface area contributed by atoms with Gasteiger partial charge in [-0.2, -0.15) is 0 Å². The van der Waals surface area contributed by atoms with Crippen molar-refractivity contribution in [2.24, 2.45) is 4.99 Å². The van der Waals surface area contributed by atoms with Gasteiger partial charge in [-0.1, -0.05) is 6.07 Å². The number of nitrogens with zero attached hydrogens (tertiary/aromatic N) is 2. The largest absolute Gasteiger partial charge is 0.472 e. The van der Waals surface area contributed by atoms with Gasteiger partial charge in [-0.15, -0.1) is 24.0 Å². The molecule has 5 nitrogen and oxygen atoms in total. The first-order valence-electron chi connectivity index (χ1n) is 7.11. The van der Waals surface area contributed by atoms with Crippen molar-refractivity contribution in [2.45, 2.75) is 46.8 Å². The molecule has 1 aromatic heterocycles. The molecule has 2 N–H and O–H groups in total. The maximum Gasteiger partial charge on any atom is 0.214 e. The van der Waals surface area contributed by atoms with Crippen LogP contribution < -0.4 is 15.4 Å². The fourth-order valence-electron chi connectivity index (χ4n) is 1.59. The van der Waals surface area contributed by atoms with E-state index in [1.54, 1.807) is 0 Å². The molecule has 6 heteroatoms. The molecule has 120 valence electrons. The third kappa shape index (κ3) is 8.75. The van der Waals surface area contributed by atoms with Gasteiger partial charge in [-0.25, -0.2) is 9.98 Å². The van der Waals surface area contributed by atoms with Gasteiger partial charge in [0.25, 0.3) is 0 Å². The lowest BCUT2D eigenvalue weighted by Gasteiger charge is -2.20. The minimum Gasteiger partial charge on any atom is -0.472 e. The quantitative estimate of drug-likeness (QED) is 0.449. The van der Waals surface area contributed by atoms with Crippen LogP contribution in [0.1, 0.15) is 40.3 Å². The van der Waals surface area contributed by atoms with Crippen LogP contribution in [-0.4, -0.2) is 29.6 Å². The lowest BCUT2D eigenvalue weighted by Crippen LogP contribution is -2.37. The molecule has 0 fully saturated rings. The predicted molar refractivity (Wildman–Crippen MR) is 98.5 cm³/mol. The molecule has 0 aliphatic heterocycles. The van der Waals surface area contributed by atoms with Crippen LogP contribution in [0.25, 0.3) is 0 Å². The van der Waals surface area contributed by atoms with Crippen LogP contribution in [0.5, 0.6) is 5.88 Å². The van der Waals surface area contributed by atoms with Crippen LogP contribution in [-0.2, 0) is 6.54 Å². The summed E-state index contributed by atoms with van der Waals surface area (Å²) in [7, 11) is 0. The fraction of sp³-hybridized carbons (Fsp3) is 0.600. The summed E-state index contributed by atoms with van der Waals surface area (Å²) < 4.78 is 5.75. The third-order valence-electron chi connectivity index (χ3n) is 2.28. The molecule has 0 aliphatic rings. The highest BCUT2D eigenvalue weighted by molar-refractivity contribution is 14.0. The molecule has 0 amide bonds. The first-order valence-corrected chi connectivity index (χ1v) is 7.11. The van der Waals surface area contributed by atoms with E-state index in [-0.39, 0.29) is 29.6 Å². The molecule has 21 heavy (non-hydrogen) atoms. The van der Waals surface area contributed by atoms with E-state index in [2.05, 4.69) is 20.6 Å². The number of halogens is 1. The van der Waals surface area contributed by atoms with E-state index in [0.717, 1.165) is 24.7 Å². The molecule has 0 aliphatic carbocycles. The molecule has 0 aromatic carbocycles. The number of pyridine rings is 1. The summed E-state index contributed by atoms with van der Waals surface area (Å²) in [5.74, 6) is 1.44. The molecule has 0 spiro atoms. The average molecular weight is 406 g/mol. The smallest absolute Gasteiger partial charge is 0.214 e. The highest BCUT2D eigenvalue weighted by atomic mass is 127. The molecule has 0 saturated heterocycles. The average Bonchev–Trinajstić information content (AvgIpc) is 2.35. The van der Waals surface area contributed by atoms with Crippen LogP contribution in [0.15, 0.2) is 23.2 Å². The Hall–Kier alpha value is -1.05. The second-order valence-electron chi connectivity index (χ2n) is 5.41. The monoisotopic (exact) mass is 406 g/mol. The maximum atomic E-state index is 5.75. The summed E-state index contributed by atoms with van der Waals surface area (Å²) >= 11 is 0. The first kappa shape index (κ1) is 19.9. The van der Waals surface area contributed by atoms with E-state index in [4.69, 9.17) is 4.74 Å². The van der Waals surface area contributed by atoms with Crippen molar-refractivity contribution < 1.29 is 4.74 Å². The summed E-state index contributed by atoms with van der Waals surface area (Å²) in [6.45, 7) is 12.3. The molecule has 1 aromatic rings. The zero-order valence-electron chi connectivity index (χ0n) is 13.6. The summed E-state index contributed by atoms with van der Waals surface area (Å²) in [6, 6.07) is 5.77. The first-order chi connectivity index (χ1) is 9.44. The van der Waals surface area contributed by atoms with Crippen molar-refractivity contribution in [3.63, 3.8) is 0 Å². The Morgan fingerprint density at radius 2 is 1.81 bits per heavy atom. The van der Waals surface area contributed by atoms with Crippen LogP contribution >= 0.6 is 24.0 Å². The second-order valence-corrected chi connectivity index (χ2v) is 5.41. The Balaban J connectivity index is 0.00000400. The van der Waals surface area contributed by atoms with Crippen molar-refractivity contribution in [1.29, 1.82) is 0 Å². The Bertz CT molecular complexity index is 436. The summed E-state index contributed by atoms with van der Waals surface area (Å²) in [6.07, 6.45) is 0. The maximum absolute atomic E-state index is 5.75. The lowest BCUT2D eigenvalue weighted by molar-refractivity contribution is 0.124. The SMILES string of the molecule is CCNC(=NCc1cccc(OC(C)(C)C)n1)NCC.I. The molecule has 0 atom stereocenters. The minimum absolute atomic E-state index is 0. The van der Waals surface area contributed by atoms with E-state index >= 15 is 0 Å². The lowest BCUT2D eigenvalue weighted by atomic mass is 10.2. The fourth-order valence-corrected chi connectivity index (χ4v) is 1.59. The molecule has 1 heterocycles. The van der Waals surface area contributed by atoms with Gasteiger partial charge in [-0.05, 0) is 40.7 Å². The molecule has 1 rings (SSSR count). The number of aliphatic imine (C=N–C) groups is 1. The number of aromatic nitrogens is 1. The highest BCUT2D eigenvalue weighted by Crippen LogP contribution is 2.15. The molecule has 0 saturated carbocycles. The topological polar surface area (TPSA) is 58.5 Å². The summed E-state index contributed by atoms with van der Waals surface area (Å²) in [4.78, 5) is 8.95. The Morgan fingerprint density at radius 1 is 1.19 bits per heavy atom. The third-order valence-corrected chi connectivity index (χ3v) is 2.28. The van der Waals surface area contributed by atoms with E-state index in [1.807, 2.05) is 52.8 Å². The van der Waals surface area contributed by atoms with E-state index in [1.165, 1.54) is 0 Å². The normalized spacial score (nSPS) is 10.3. The second kappa shape index (κ2) is 9.81. The number of guanidine groups is 1. The molecular formula is C15H27IN4O. The van der Waals surface area contributed by atoms with Crippen molar-refractivity contribution in [3.05, 3.63) is 23.9 Å². The Morgan fingerprint density at radius 3 is 2.33 bits per heavy atom. The number of hydrogen-bond acceptors (Lipinski definition) is 3. The van der Waals surface area contributed by atoms with Gasteiger partial charge in [0.15, 0.2) is 5.96 Å². The standard InChI is InChI=1S/C15H26N4O.HI/c1-6-16-14(17-7-2)18-11-12-9-8-10-13(19-12)20-15(3,4)5;/h8-10H,6-7,11H2,1-5H3,(H2,16,17,18);1H. The van der Waals surface area contributed by atoms with E-state index in [9.17, 15) is 0 Å². The van der Waals surface area contributed by atoms with Gasteiger partial charge in [0, 0.05) is 19.2 Å².